The maximum Gasteiger partial charge on any atom is 0.389 e. The third kappa shape index (κ3) is 4.05. The summed E-state index contributed by atoms with van der Waals surface area (Å²) in [7, 11) is 0. The number of halogens is 3. The highest BCUT2D eigenvalue weighted by atomic mass is 19.4. The Morgan fingerprint density at radius 3 is 1.90 bits per heavy atom. The Morgan fingerprint density at radius 1 is 0.800 bits per heavy atom. The fourth-order valence-electron chi connectivity index (χ4n) is 2.29. The second-order valence-corrected chi connectivity index (χ2v) is 5.23. The van der Waals surface area contributed by atoms with Crippen LogP contribution in [0.15, 0.2) is 0 Å². The predicted molar refractivity (Wildman–Crippen MR) is 72.2 cm³/mol. The SMILES string of the molecule is Cc1c(C)c(O)c(CCCCCC(F)(F)F)c(C)c1O. The Bertz CT molecular complexity index is 450. The summed E-state index contributed by atoms with van der Waals surface area (Å²) in [6.07, 6.45) is -3.28. The smallest absolute Gasteiger partial charge is 0.389 e. The van der Waals surface area contributed by atoms with Crippen LogP contribution in [-0.2, 0) is 6.42 Å². The van der Waals surface area contributed by atoms with Crippen LogP contribution >= 0.6 is 0 Å². The molecule has 1 aromatic rings. The van der Waals surface area contributed by atoms with Crippen LogP contribution in [0.25, 0.3) is 0 Å². The molecule has 0 fully saturated rings. The second kappa shape index (κ2) is 6.37. The highest BCUT2D eigenvalue weighted by Crippen LogP contribution is 2.37. The monoisotopic (exact) mass is 290 g/mol. The van der Waals surface area contributed by atoms with Crippen molar-refractivity contribution in [2.75, 3.05) is 0 Å². The molecule has 0 heterocycles. The van der Waals surface area contributed by atoms with Gasteiger partial charge in [0.1, 0.15) is 11.5 Å². The van der Waals surface area contributed by atoms with Crippen molar-refractivity contribution in [1.82, 2.24) is 0 Å². The molecule has 5 heteroatoms. The van der Waals surface area contributed by atoms with Gasteiger partial charge >= 0.3 is 6.18 Å². The van der Waals surface area contributed by atoms with E-state index in [1.807, 2.05) is 0 Å². The second-order valence-electron chi connectivity index (χ2n) is 5.23. The number of phenolic OH excluding ortho intramolecular Hbond substituents is 2. The lowest BCUT2D eigenvalue weighted by molar-refractivity contribution is -0.135. The maximum atomic E-state index is 12.0. The minimum atomic E-state index is -4.10. The van der Waals surface area contributed by atoms with Crippen LogP contribution in [0.5, 0.6) is 11.5 Å². The van der Waals surface area contributed by atoms with Crippen molar-refractivity contribution in [3.63, 3.8) is 0 Å². The van der Waals surface area contributed by atoms with Crippen molar-refractivity contribution < 1.29 is 23.4 Å². The van der Waals surface area contributed by atoms with Crippen molar-refractivity contribution >= 4 is 0 Å². The molecule has 114 valence electrons. The highest BCUT2D eigenvalue weighted by molar-refractivity contribution is 5.56. The lowest BCUT2D eigenvalue weighted by Gasteiger charge is -2.16. The van der Waals surface area contributed by atoms with Crippen LogP contribution in [0.4, 0.5) is 13.2 Å². The minimum Gasteiger partial charge on any atom is -0.507 e. The van der Waals surface area contributed by atoms with Crippen LogP contribution in [0.1, 0.15) is 47.9 Å². The largest absolute Gasteiger partial charge is 0.507 e. The van der Waals surface area contributed by atoms with Crippen molar-refractivity contribution in [3.8, 4) is 11.5 Å². The summed E-state index contributed by atoms with van der Waals surface area (Å²) >= 11 is 0. The molecule has 1 rings (SSSR count). The Hall–Kier alpha value is -1.39. The molecule has 0 saturated carbocycles. The highest BCUT2D eigenvalue weighted by Gasteiger charge is 2.25. The molecule has 0 bridgehead atoms. The van der Waals surface area contributed by atoms with Gasteiger partial charge in [0.15, 0.2) is 0 Å². The topological polar surface area (TPSA) is 40.5 Å². The quantitative estimate of drug-likeness (QED) is 0.610. The first kappa shape index (κ1) is 16.7. The Labute approximate surface area is 117 Å². The maximum absolute atomic E-state index is 12.0. The van der Waals surface area contributed by atoms with Crippen LogP contribution in [0.2, 0.25) is 0 Å². The molecule has 1 aromatic carbocycles. The first-order valence-electron chi connectivity index (χ1n) is 6.72. The molecule has 0 aliphatic carbocycles. The molecule has 0 amide bonds. The molecule has 2 N–H and O–H groups in total. The van der Waals surface area contributed by atoms with Gasteiger partial charge in [-0.3, -0.25) is 0 Å². The van der Waals surface area contributed by atoms with E-state index < -0.39 is 12.6 Å². The van der Waals surface area contributed by atoms with Gasteiger partial charge in [-0.05, 0) is 56.7 Å². The van der Waals surface area contributed by atoms with E-state index in [0.717, 1.165) is 0 Å². The zero-order chi connectivity index (χ0) is 15.5. The molecule has 2 nitrogen and oxygen atoms in total. The van der Waals surface area contributed by atoms with Crippen LogP contribution in [0.3, 0.4) is 0 Å². The molecule has 0 spiro atoms. The van der Waals surface area contributed by atoms with Gasteiger partial charge in [-0.2, -0.15) is 13.2 Å². The zero-order valence-electron chi connectivity index (χ0n) is 12.1. The summed E-state index contributed by atoms with van der Waals surface area (Å²) in [5.41, 5.74) is 2.51. The average molecular weight is 290 g/mol. The number of aromatic hydroxyl groups is 2. The summed E-state index contributed by atoms with van der Waals surface area (Å²) in [4.78, 5) is 0. The van der Waals surface area contributed by atoms with Crippen molar-refractivity contribution in [2.24, 2.45) is 0 Å². The molecule has 20 heavy (non-hydrogen) atoms. The first-order chi connectivity index (χ1) is 9.15. The van der Waals surface area contributed by atoms with Gasteiger partial charge in [-0.15, -0.1) is 0 Å². The average Bonchev–Trinajstić information content (AvgIpc) is 2.36. The van der Waals surface area contributed by atoms with Gasteiger partial charge in [0, 0.05) is 12.0 Å². The van der Waals surface area contributed by atoms with Gasteiger partial charge in [0.05, 0.1) is 0 Å². The summed E-state index contributed by atoms with van der Waals surface area (Å²) in [5.74, 6) is 0.305. The van der Waals surface area contributed by atoms with Crippen molar-refractivity contribution in [2.45, 2.75) is 59.1 Å². The zero-order valence-corrected chi connectivity index (χ0v) is 12.1. The van der Waals surface area contributed by atoms with E-state index in [9.17, 15) is 23.4 Å². The summed E-state index contributed by atoms with van der Waals surface area (Å²) in [6.45, 7) is 5.16. The summed E-state index contributed by atoms with van der Waals surface area (Å²) in [6, 6.07) is 0. The molecule has 0 aromatic heterocycles. The number of alkyl halides is 3. The summed E-state index contributed by atoms with van der Waals surface area (Å²) < 4.78 is 36.0. The molecule has 0 atom stereocenters. The van der Waals surface area contributed by atoms with Gasteiger partial charge in [-0.1, -0.05) is 6.42 Å². The number of unbranched alkanes of at least 4 members (excludes halogenated alkanes) is 2. The molecule has 0 aliphatic rings. The minimum absolute atomic E-state index is 0.0974. The Balaban J connectivity index is 2.66. The standard InChI is InChI=1S/C15H21F3O2/c1-9-10(2)14(20)12(11(3)13(9)19)7-5-4-6-8-15(16,17)18/h19-20H,4-8H2,1-3H3. The van der Waals surface area contributed by atoms with E-state index in [-0.39, 0.29) is 17.9 Å². The lowest BCUT2D eigenvalue weighted by Crippen LogP contribution is -2.06. The Morgan fingerprint density at radius 2 is 1.35 bits per heavy atom. The number of phenols is 2. The van der Waals surface area contributed by atoms with E-state index in [2.05, 4.69) is 0 Å². The van der Waals surface area contributed by atoms with Gasteiger partial charge in [0.25, 0.3) is 0 Å². The van der Waals surface area contributed by atoms with Crippen molar-refractivity contribution in [3.05, 3.63) is 22.3 Å². The molecule has 0 saturated heterocycles. The molecular formula is C15H21F3O2. The molecule has 0 radical (unpaired) electrons. The van der Waals surface area contributed by atoms with E-state index in [4.69, 9.17) is 0 Å². The van der Waals surface area contributed by atoms with Gasteiger partial charge in [0.2, 0.25) is 0 Å². The number of hydrogen-bond donors (Lipinski definition) is 2. The number of hydrogen-bond acceptors (Lipinski definition) is 2. The molecule has 0 aliphatic heterocycles. The van der Waals surface area contributed by atoms with Gasteiger partial charge in [-0.25, -0.2) is 0 Å². The fourth-order valence-corrected chi connectivity index (χ4v) is 2.29. The van der Waals surface area contributed by atoms with Crippen LogP contribution in [0, 0.1) is 20.8 Å². The van der Waals surface area contributed by atoms with E-state index in [0.29, 0.717) is 41.5 Å². The van der Waals surface area contributed by atoms with Crippen LogP contribution in [-0.4, -0.2) is 16.4 Å². The number of benzene rings is 1. The molecule has 0 unspecified atom stereocenters. The van der Waals surface area contributed by atoms with Gasteiger partial charge < -0.3 is 10.2 Å². The lowest BCUT2D eigenvalue weighted by atomic mass is 9.94. The third-order valence-electron chi connectivity index (χ3n) is 3.75. The van der Waals surface area contributed by atoms with E-state index in [1.165, 1.54) is 0 Å². The predicted octanol–water partition coefficient (Wildman–Crippen LogP) is 4.69. The molecular weight excluding hydrogens is 269 g/mol. The van der Waals surface area contributed by atoms with Crippen molar-refractivity contribution in [1.29, 1.82) is 0 Å². The summed E-state index contributed by atoms with van der Waals surface area (Å²) in [5, 5.41) is 20.0. The first-order valence-corrected chi connectivity index (χ1v) is 6.72. The van der Waals surface area contributed by atoms with E-state index >= 15 is 0 Å². The Kier molecular flexibility index (Phi) is 5.31. The van der Waals surface area contributed by atoms with Crippen LogP contribution < -0.4 is 0 Å². The normalized spacial score (nSPS) is 11.9. The third-order valence-corrected chi connectivity index (χ3v) is 3.75. The van der Waals surface area contributed by atoms with E-state index in [1.54, 1.807) is 20.8 Å². The fraction of sp³-hybridized carbons (Fsp3) is 0.600. The number of rotatable bonds is 5.